The van der Waals surface area contributed by atoms with Gasteiger partial charge >= 0.3 is 5.97 Å². The van der Waals surface area contributed by atoms with Crippen molar-refractivity contribution in [1.82, 2.24) is 0 Å². The molecule has 2 atom stereocenters. The molecule has 4 heteroatoms. The zero-order chi connectivity index (χ0) is 14.0. The summed E-state index contributed by atoms with van der Waals surface area (Å²) in [4.78, 5) is 12.3. The van der Waals surface area contributed by atoms with E-state index in [1.165, 1.54) is 18.6 Å². The molecule has 0 saturated heterocycles. The van der Waals surface area contributed by atoms with E-state index in [9.17, 15) is 9.18 Å². The summed E-state index contributed by atoms with van der Waals surface area (Å²) < 4.78 is 14.0. The summed E-state index contributed by atoms with van der Waals surface area (Å²) in [6.07, 6.45) is 3.60. The lowest BCUT2D eigenvalue weighted by Crippen LogP contribution is -2.21. The number of carboxylic acid groups (broad SMARTS) is 1. The summed E-state index contributed by atoms with van der Waals surface area (Å²) >= 11 is 0. The average Bonchev–Trinajstić information content (AvgIpc) is 3.02. The van der Waals surface area contributed by atoms with E-state index in [1.807, 2.05) is 11.9 Å². The fraction of sp³-hybridized carbons (Fsp3) is 0.400. The normalized spacial score (nSPS) is 21.6. The van der Waals surface area contributed by atoms with Gasteiger partial charge in [-0.3, -0.25) is 0 Å². The number of hydrogen-bond donors (Lipinski definition) is 1. The molecule has 1 aromatic rings. The highest BCUT2D eigenvalue weighted by Gasteiger charge is 2.33. The van der Waals surface area contributed by atoms with Crippen molar-refractivity contribution in [3.05, 3.63) is 35.7 Å². The molecule has 2 unspecified atom stereocenters. The van der Waals surface area contributed by atoms with E-state index in [0.717, 1.165) is 18.5 Å². The second-order valence-corrected chi connectivity index (χ2v) is 5.24. The maximum atomic E-state index is 14.0. The van der Waals surface area contributed by atoms with Crippen molar-refractivity contribution in [3.63, 3.8) is 0 Å². The van der Waals surface area contributed by atoms with Gasteiger partial charge < -0.3 is 10.0 Å². The minimum atomic E-state index is -1.04. The Hall–Kier alpha value is -1.84. The molecule has 102 valence electrons. The molecule has 1 aliphatic rings. The second-order valence-electron chi connectivity index (χ2n) is 5.24. The van der Waals surface area contributed by atoms with Crippen molar-refractivity contribution < 1.29 is 14.3 Å². The van der Waals surface area contributed by atoms with Gasteiger partial charge in [-0.25, -0.2) is 9.18 Å². The molecule has 3 nitrogen and oxygen atoms in total. The first-order valence-corrected chi connectivity index (χ1v) is 6.39. The highest BCUT2D eigenvalue weighted by Crippen LogP contribution is 2.38. The largest absolute Gasteiger partial charge is 0.478 e. The van der Waals surface area contributed by atoms with Crippen molar-refractivity contribution in [1.29, 1.82) is 0 Å². The molecular formula is C15H18FNO2. The Morgan fingerprint density at radius 3 is 2.79 bits per heavy atom. The van der Waals surface area contributed by atoms with Gasteiger partial charge in [-0.2, -0.15) is 0 Å². The van der Waals surface area contributed by atoms with Crippen LogP contribution in [0, 0.1) is 17.7 Å². The lowest BCUT2D eigenvalue weighted by atomic mass is 10.1. The van der Waals surface area contributed by atoms with Gasteiger partial charge in [0.2, 0.25) is 0 Å². The van der Waals surface area contributed by atoms with Crippen LogP contribution in [0.5, 0.6) is 0 Å². The zero-order valence-corrected chi connectivity index (χ0v) is 11.1. The lowest BCUT2D eigenvalue weighted by Gasteiger charge is -2.20. The van der Waals surface area contributed by atoms with Crippen LogP contribution in [0.2, 0.25) is 0 Å². The van der Waals surface area contributed by atoms with Crippen LogP contribution in [0.15, 0.2) is 24.3 Å². The molecule has 1 aliphatic carbocycles. The van der Waals surface area contributed by atoms with Gasteiger partial charge in [-0.05, 0) is 42.0 Å². The molecule has 1 fully saturated rings. The van der Waals surface area contributed by atoms with Crippen LogP contribution in [0.4, 0.5) is 10.1 Å². The number of anilines is 1. The highest BCUT2D eigenvalue weighted by molar-refractivity contribution is 5.85. The quantitative estimate of drug-likeness (QED) is 0.830. The lowest BCUT2D eigenvalue weighted by molar-refractivity contribution is -0.131. The van der Waals surface area contributed by atoms with Gasteiger partial charge in [0.05, 0.1) is 5.69 Å². The van der Waals surface area contributed by atoms with Gasteiger partial charge in [-0.15, -0.1) is 0 Å². The van der Waals surface area contributed by atoms with Crippen molar-refractivity contribution in [2.75, 3.05) is 18.5 Å². The predicted molar refractivity (Wildman–Crippen MR) is 73.6 cm³/mol. The minimum Gasteiger partial charge on any atom is -0.478 e. The number of rotatable bonds is 5. The molecule has 2 rings (SSSR count). The molecular weight excluding hydrogens is 245 g/mol. The molecule has 1 N–H and O–H groups in total. The Morgan fingerprint density at radius 1 is 1.58 bits per heavy atom. The molecule has 1 saturated carbocycles. The van der Waals surface area contributed by atoms with Gasteiger partial charge in [0.25, 0.3) is 0 Å². The van der Waals surface area contributed by atoms with Crippen LogP contribution in [-0.2, 0) is 4.79 Å². The molecule has 0 bridgehead atoms. The number of carbonyl (C=O) groups is 1. The van der Waals surface area contributed by atoms with Crippen LogP contribution in [-0.4, -0.2) is 24.7 Å². The number of carboxylic acids is 1. The number of hydrogen-bond acceptors (Lipinski definition) is 2. The summed E-state index contributed by atoms with van der Waals surface area (Å²) in [7, 11) is 1.89. The molecule has 0 heterocycles. The maximum absolute atomic E-state index is 14.0. The van der Waals surface area contributed by atoms with E-state index in [0.29, 0.717) is 17.2 Å². The zero-order valence-electron chi connectivity index (χ0n) is 11.1. The summed E-state index contributed by atoms with van der Waals surface area (Å²) in [5.74, 6) is 0.0481. The van der Waals surface area contributed by atoms with Gasteiger partial charge in [0.15, 0.2) is 0 Å². The Bertz CT molecular complexity index is 513. The summed E-state index contributed by atoms with van der Waals surface area (Å²) in [6, 6.07) is 4.79. The number of nitrogens with zero attached hydrogens (tertiary/aromatic N) is 1. The van der Waals surface area contributed by atoms with Crippen LogP contribution < -0.4 is 4.90 Å². The van der Waals surface area contributed by atoms with Gasteiger partial charge in [0, 0.05) is 19.7 Å². The Labute approximate surface area is 112 Å². The topological polar surface area (TPSA) is 40.5 Å². The van der Waals surface area contributed by atoms with E-state index in [2.05, 4.69) is 6.92 Å². The Kier molecular flexibility index (Phi) is 3.88. The van der Waals surface area contributed by atoms with Crippen molar-refractivity contribution in [2.24, 2.45) is 11.8 Å². The number of benzene rings is 1. The molecule has 0 aromatic heterocycles. The Balaban J connectivity index is 2.07. The average molecular weight is 263 g/mol. The van der Waals surface area contributed by atoms with Crippen molar-refractivity contribution >= 4 is 17.7 Å². The molecule has 0 radical (unpaired) electrons. The number of halogens is 1. The minimum absolute atomic E-state index is 0.316. The van der Waals surface area contributed by atoms with E-state index in [-0.39, 0.29) is 5.82 Å². The second kappa shape index (κ2) is 5.43. The SMILES string of the molecule is CC1CC1CN(C)c1ccc(C=CC(=O)O)cc1F. The van der Waals surface area contributed by atoms with E-state index in [1.54, 1.807) is 12.1 Å². The first kappa shape index (κ1) is 13.6. The number of aliphatic carboxylic acids is 1. The van der Waals surface area contributed by atoms with Crippen LogP contribution in [0.3, 0.4) is 0 Å². The fourth-order valence-corrected chi connectivity index (χ4v) is 2.21. The van der Waals surface area contributed by atoms with Crippen LogP contribution >= 0.6 is 0 Å². The molecule has 0 spiro atoms. The van der Waals surface area contributed by atoms with Crippen LogP contribution in [0.25, 0.3) is 6.08 Å². The molecule has 1 aromatic carbocycles. The van der Waals surface area contributed by atoms with E-state index >= 15 is 0 Å². The van der Waals surface area contributed by atoms with E-state index < -0.39 is 5.97 Å². The van der Waals surface area contributed by atoms with Crippen LogP contribution in [0.1, 0.15) is 18.9 Å². The fourth-order valence-electron chi connectivity index (χ4n) is 2.21. The van der Waals surface area contributed by atoms with Crippen molar-refractivity contribution in [3.8, 4) is 0 Å². The molecule has 0 aliphatic heterocycles. The summed E-state index contributed by atoms with van der Waals surface area (Å²) in [5, 5.41) is 8.53. The first-order valence-electron chi connectivity index (χ1n) is 6.39. The first-order chi connectivity index (χ1) is 8.97. The maximum Gasteiger partial charge on any atom is 0.328 e. The third kappa shape index (κ3) is 3.56. The summed E-state index contributed by atoms with van der Waals surface area (Å²) in [5.41, 5.74) is 1.11. The standard InChI is InChI=1S/C15H18FNO2/c1-10-7-12(10)9-17(2)14-5-3-11(8-13(14)16)4-6-15(18)19/h3-6,8,10,12H,7,9H2,1-2H3,(H,18,19). The Morgan fingerprint density at radius 2 is 2.26 bits per heavy atom. The third-order valence-electron chi connectivity index (χ3n) is 3.59. The third-order valence-corrected chi connectivity index (χ3v) is 3.59. The molecule has 19 heavy (non-hydrogen) atoms. The van der Waals surface area contributed by atoms with Gasteiger partial charge in [0.1, 0.15) is 5.82 Å². The summed E-state index contributed by atoms with van der Waals surface area (Å²) in [6.45, 7) is 3.07. The predicted octanol–water partition coefficient (Wildman–Crippen LogP) is 3.02. The monoisotopic (exact) mass is 263 g/mol. The van der Waals surface area contributed by atoms with E-state index in [4.69, 9.17) is 5.11 Å². The molecule has 0 amide bonds. The smallest absolute Gasteiger partial charge is 0.328 e. The van der Waals surface area contributed by atoms with Gasteiger partial charge in [-0.1, -0.05) is 13.0 Å². The highest BCUT2D eigenvalue weighted by atomic mass is 19.1. The van der Waals surface area contributed by atoms with Crippen molar-refractivity contribution in [2.45, 2.75) is 13.3 Å².